The molecule has 1 rings (SSSR count). The van der Waals surface area contributed by atoms with E-state index in [9.17, 15) is 14.4 Å². The molecule has 0 aromatic heterocycles. The zero-order valence-electron chi connectivity index (χ0n) is 11.6. The van der Waals surface area contributed by atoms with Gasteiger partial charge in [0.05, 0.1) is 0 Å². The summed E-state index contributed by atoms with van der Waals surface area (Å²) in [5.41, 5.74) is -1.31. The third-order valence-electron chi connectivity index (χ3n) is 3.52. The maximum atomic E-state index is 12.1. The molecule has 1 fully saturated rings. The fourth-order valence-corrected chi connectivity index (χ4v) is 1.77. The predicted octanol–water partition coefficient (Wildman–Crippen LogP) is 0.113. The van der Waals surface area contributed by atoms with E-state index < -0.39 is 17.5 Å². The number of carbonyl (C=O) groups is 3. The van der Waals surface area contributed by atoms with Crippen LogP contribution < -0.4 is 5.32 Å². The summed E-state index contributed by atoms with van der Waals surface area (Å²) in [5, 5.41) is 11.6. The number of urea groups is 1. The quantitative estimate of drug-likeness (QED) is 0.762. The normalized spacial score (nSPS) is 19.6. The van der Waals surface area contributed by atoms with Gasteiger partial charge in [0.15, 0.2) is 0 Å². The molecular formula is C12H21N3O4. The third kappa shape index (κ3) is 3.59. The van der Waals surface area contributed by atoms with E-state index in [2.05, 4.69) is 5.32 Å². The Labute approximate surface area is 112 Å². The van der Waals surface area contributed by atoms with E-state index in [0.717, 1.165) is 0 Å². The largest absolute Gasteiger partial charge is 0.480 e. The lowest BCUT2D eigenvalue weighted by molar-refractivity contribution is -0.143. The van der Waals surface area contributed by atoms with Gasteiger partial charge in [-0.25, -0.2) is 9.59 Å². The van der Waals surface area contributed by atoms with Gasteiger partial charge in [0.2, 0.25) is 5.91 Å². The number of carbonyl (C=O) groups excluding carboxylic acids is 2. The average molecular weight is 271 g/mol. The minimum absolute atomic E-state index is 0.0122. The number of rotatable bonds is 3. The van der Waals surface area contributed by atoms with Crippen molar-refractivity contribution >= 4 is 17.9 Å². The average Bonchev–Trinajstić information content (AvgIpc) is 2.51. The summed E-state index contributed by atoms with van der Waals surface area (Å²) in [6.07, 6.45) is 0.960. The standard InChI is InChI=1S/C12H21N3O4/c1-4-12(2,10(17)18)13-11(19)15-7-5-6-14(3)9(16)8-15/h4-8H2,1-3H3,(H,13,19)(H,17,18). The van der Waals surface area contributed by atoms with Crippen molar-refractivity contribution in [2.24, 2.45) is 0 Å². The number of nitrogens with one attached hydrogen (secondary N) is 1. The zero-order valence-corrected chi connectivity index (χ0v) is 11.6. The summed E-state index contributed by atoms with van der Waals surface area (Å²) in [6, 6.07) is -0.504. The van der Waals surface area contributed by atoms with Crippen molar-refractivity contribution in [3.63, 3.8) is 0 Å². The molecule has 1 aliphatic heterocycles. The highest BCUT2D eigenvalue weighted by Crippen LogP contribution is 2.11. The van der Waals surface area contributed by atoms with E-state index in [-0.39, 0.29) is 18.9 Å². The molecule has 108 valence electrons. The third-order valence-corrected chi connectivity index (χ3v) is 3.52. The summed E-state index contributed by atoms with van der Waals surface area (Å²) in [4.78, 5) is 37.8. The molecule has 1 saturated heterocycles. The molecule has 1 atom stereocenters. The van der Waals surface area contributed by atoms with Crippen LogP contribution in [0.15, 0.2) is 0 Å². The molecule has 0 spiro atoms. The first-order chi connectivity index (χ1) is 8.80. The van der Waals surface area contributed by atoms with Crippen molar-refractivity contribution in [1.82, 2.24) is 15.1 Å². The van der Waals surface area contributed by atoms with E-state index in [1.807, 2.05) is 0 Å². The SMILES string of the molecule is CCC(C)(NC(=O)N1CCCN(C)C(=O)C1)C(=O)O. The molecule has 1 aliphatic rings. The first kappa shape index (κ1) is 15.3. The van der Waals surface area contributed by atoms with Gasteiger partial charge in [0.1, 0.15) is 12.1 Å². The Hall–Kier alpha value is -1.79. The van der Waals surface area contributed by atoms with Crippen LogP contribution in [0, 0.1) is 0 Å². The van der Waals surface area contributed by atoms with E-state index in [1.54, 1.807) is 18.9 Å². The van der Waals surface area contributed by atoms with E-state index in [0.29, 0.717) is 19.5 Å². The molecular weight excluding hydrogens is 250 g/mol. The Kier molecular flexibility index (Phi) is 4.74. The van der Waals surface area contributed by atoms with Crippen LogP contribution >= 0.6 is 0 Å². The minimum atomic E-state index is -1.31. The summed E-state index contributed by atoms with van der Waals surface area (Å²) >= 11 is 0. The zero-order chi connectivity index (χ0) is 14.6. The highest BCUT2D eigenvalue weighted by Gasteiger charge is 2.35. The summed E-state index contributed by atoms with van der Waals surface area (Å²) in [5.74, 6) is -1.22. The summed E-state index contributed by atoms with van der Waals surface area (Å²) < 4.78 is 0. The predicted molar refractivity (Wildman–Crippen MR) is 68.7 cm³/mol. The molecule has 2 N–H and O–H groups in total. The van der Waals surface area contributed by atoms with Crippen molar-refractivity contribution in [3.05, 3.63) is 0 Å². The number of carboxylic acids is 1. The molecule has 1 heterocycles. The van der Waals surface area contributed by atoms with Gasteiger partial charge in [-0.2, -0.15) is 0 Å². The van der Waals surface area contributed by atoms with Crippen LogP contribution in [0.4, 0.5) is 4.79 Å². The number of amides is 3. The smallest absolute Gasteiger partial charge is 0.329 e. The molecule has 0 aromatic carbocycles. The lowest BCUT2D eigenvalue weighted by Crippen LogP contribution is -2.56. The van der Waals surface area contributed by atoms with Crippen LogP contribution in [-0.4, -0.2) is 65.0 Å². The Morgan fingerprint density at radius 2 is 2.05 bits per heavy atom. The van der Waals surface area contributed by atoms with Crippen molar-refractivity contribution in [2.45, 2.75) is 32.2 Å². The van der Waals surface area contributed by atoms with E-state index >= 15 is 0 Å². The lowest BCUT2D eigenvalue weighted by Gasteiger charge is -2.29. The van der Waals surface area contributed by atoms with Crippen molar-refractivity contribution in [2.75, 3.05) is 26.7 Å². The van der Waals surface area contributed by atoms with Gasteiger partial charge in [0, 0.05) is 20.1 Å². The molecule has 0 bridgehead atoms. The van der Waals surface area contributed by atoms with Gasteiger partial charge in [-0.05, 0) is 19.8 Å². The molecule has 3 amide bonds. The Balaban J connectivity index is 2.72. The monoisotopic (exact) mass is 271 g/mol. The van der Waals surface area contributed by atoms with Gasteiger partial charge in [-0.3, -0.25) is 4.79 Å². The molecule has 0 radical (unpaired) electrons. The highest BCUT2D eigenvalue weighted by molar-refractivity contribution is 5.88. The number of carboxylic acid groups (broad SMARTS) is 1. The summed E-state index contributed by atoms with van der Waals surface area (Å²) in [6.45, 7) is 4.18. The van der Waals surface area contributed by atoms with Crippen LogP contribution in [0.3, 0.4) is 0 Å². The van der Waals surface area contributed by atoms with Gasteiger partial charge < -0.3 is 20.2 Å². The molecule has 7 heteroatoms. The number of aliphatic carboxylic acids is 1. The molecule has 0 aromatic rings. The van der Waals surface area contributed by atoms with Gasteiger partial charge in [-0.15, -0.1) is 0 Å². The molecule has 0 saturated carbocycles. The first-order valence-electron chi connectivity index (χ1n) is 6.34. The number of hydrogen-bond acceptors (Lipinski definition) is 3. The Bertz CT molecular complexity index is 385. The van der Waals surface area contributed by atoms with Crippen LogP contribution in [-0.2, 0) is 9.59 Å². The van der Waals surface area contributed by atoms with Crippen LogP contribution in [0.2, 0.25) is 0 Å². The lowest BCUT2D eigenvalue weighted by atomic mass is 10.00. The van der Waals surface area contributed by atoms with Gasteiger partial charge in [-0.1, -0.05) is 6.92 Å². The Morgan fingerprint density at radius 1 is 1.42 bits per heavy atom. The van der Waals surface area contributed by atoms with Crippen LogP contribution in [0.1, 0.15) is 26.7 Å². The first-order valence-corrected chi connectivity index (χ1v) is 6.34. The van der Waals surface area contributed by atoms with Gasteiger partial charge >= 0.3 is 12.0 Å². The molecule has 1 unspecified atom stereocenters. The number of likely N-dealkylation sites (N-methyl/N-ethyl adjacent to an activating group) is 1. The molecule has 7 nitrogen and oxygen atoms in total. The van der Waals surface area contributed by atoms with Crippen molar-refractivity contribution in [3.8, 4) is 0 Å². The van der Waals surface area contributed by atoms with Crippen molar-refractivity contribution < 1.29 is 19.5 Å². The maximum absolute atomic E-state index is 12.1. The van der Waals surface area contributed by atoms with Crippen LogP contribution in [0.5, 0.6) is 0 Å². The topological polar surface area (TPSA) is 90.0 Å². The van der Waals surface area contributed by atoms with Crippen LogP contribution in [0.25, 0.3) is 0 Å². The van der Waals surface area contributed by atoms with Crippen molar-refractivity contribution in [1.29, 1.82) is 0 Å². The second-order valence-corrected chi connectivity index (χ2v) is 5.01. The maximum Gasteiger partial charge on any atom is 0.329 e. The van der Waals surface area contributed by atoms with E-state index in [4.69, 9.17) is 5.11 Å². The minimum Gasteiger partial charge on any atom is -0.480 e. The number of nitrogens with zero attached hydrogens (tertiary/aromatic N) is 2. The summed E-state index contributed by atoms with van der Waals surface area (Å²) in [7, 11) is 1.69. The fourth-order valence-electron chi connectivity index (χ4n) is 1.77. The second kappa shape index (κ2) is 5.90. The number of hydrogen-bond donors (Lipinski definition) is 2. The Morgan fingerprint density at radius 3 is 2.58 bits per heavy atom. The highest BCUT2D eigenvalue weighted by atomic mass is 16.4. The second-order valence-electron chi connectivity index (χ2n) is 5.01. The molecule has 19 heavy (non-hydrogen) atoms. The van der Waals surface area contributed by atoms with Gasteiger partial charge in [0.25, 0.3) is 0 Å². The molecule has 0 aliphatic carbocycles. The van der Waals surface area contributed by atoms with E-state index in [1.165, 1.54) is 11.8 Å². The fraction of sp³-hybridized carbons (Fsp3) is 0.750.